The molecule has 7 nitrogen and oxygen atoms in total. The summed E-state index contributed by atoms with van der Waals surface area (Å²) in [7, 11) is 0. The van der Waals surface area contributed by atoms with Crippen LogP contribution in [0.2, 0.25) is 5.02 Å². The first-order chi connectivity index (χ1) is 17.0. The van der Waals surface area contributed by atoms with Crippen molar-refractivity contribution in [2.45, 2.75) is 57.7 Å². The number of nitrogen functional groups attached to an aromatic ring is 1. The van der Waals surface area contributed by atoms with E-state index < -0.39 is 11.9 Å². The molecule has 3 N–H and O–H groups in total. The van der Waals surface area contributed by atoms with Crippen LogP contribution < -0.4 is 11.1 Å². The normalized spacial score (nSPS) is 21.2. The van der Waals surface area contributed by atoms with Crippen LogP contribution in [0.3, 0.4) is 0 Å². The van der Waals surface area contributed by atoms with Gasteiger partial charge < -0.3 is 20.9 Å². The predicted molar refractivity (Wildman–Crippen MR) is 133 cm³/mol. The number of hydrogen-bond donors (Lipinski definition) is 2. The molecule has 0 unspecified atom stereocenters. The van der Waals surface area contributed by atoms with Crippen LogP contribution in [0.4, 0.5) is 23.7 Å². The minimum Gasteiger partial charge on any atom is -0.398 e. The Morgan fingerprint density at radius 3 is 2.28 bits per heavy atom. The number of amides is 3. The molecule has 0 atom stereocenters. The lowest BCUT2D eigenvalue weighted by molar-refractivity contribution is -0.141. The van der Waals surface area contributed by atoms with Gasteiger partial charge in [0.1, 0.15) is 5.69 Å². The maximum atomic E-state index is 13.2. The van der Waals surface area contributed by atoms with Gasteiger partial charge in [-0.05, 0) is 55.4 Å². The van der Waals surface area contributed by atoms with E-state index in [9.17, 15) is 22.8 Å². The first-order valence-corrected chi connectivity index (χ1v) is 12.6. The lowest BCUT2D eigenvalue weighted by atomic mass is 9.80. The van der Waals surface area contributed by atoms with Crippen molar-refractivity contribution < 1.29 is 22.8 Å². The fraction of sp³-hybridized carbons (Fsp3) is 0.560. The number of carbonyl (C=O) groups excluding carboxylic acids is 2. The smallest absolute Gasteiger partial charge is 0.398 e. The summed E-state index contributed by atoms with van der Waals surface area (Å²) in [5.41, 5.74) is 5.95. The number of anilines is 1. The van der Waals surface area contributed by atoms with Gasteiger partial charge in [0, 0.05) is 54.2 Å². The molecule has 0 bridgehead atoms. The number of aromatic nitrogens is 1. The van der Waals surface area contributed by atoms with E-state index >= 15 is 0 Å². The van der Waals surface area contributed by atoms with Gasteiger partial charge in [0.15, 0.2) is 0 Å². The molecule has 1 aromatic carbocycles. The molecule has 1 aliphatic heterocycles. The minimum atomic E-state index is -4.59. The molecule has 11 heteroatoms. The number of fused-ring (bicyclic) bond motifs is 1. The minimum absolute atomic E-state index is 0.000722. The first-order valence-electron chi connectivity index (χ1n) is 12.3. The van der Waals surface area contributed by atoms with Crippen molar-refractivity contribution in [3.63, 3.8) is 0 Å². The molecule has 1 aliphatic carbocycles. The second kappa shape index (κ2) is 10.3. The number of nitrogens with one attached hydrogen (secondary N) is 1. The molecule has 2 aromatic rings. The highest BCUT2D eigenvalue weighted by Gasteiger charge is 2.34. The van der Waals surface area contributed by atoms with Gasteiger partial charge in [-0.1, -0.05) is 25.4 Å². The van der Waals surface area contributed by atoms with Gasteiger partial charge in [-0.25, -0.2) is 9.78 Å². The number of hydrogen-bond acceptors (Lipinski definition) is 4. The summed E-state index contributed by atoms with van der Waals surface area (Å²) in [6, 6.07) is 3.76. The second-order valence-electron chi connectivity index (χ2n) is 9.91. The number of halogens is 4. The van der Waals surface area contributed by atoms with E-state index in [2.05, 4.69) is 10.3 Å². The predicted octanol–water partition coefficient (Wildman–Crippen LogP) is 5.03. The van der Waals surface area contributed by atoms with Crippen LogP contribution in [0.15, 0.2) is 18.2 Å². The van der Waals surface area contributed by atoms with Crippen molar-refractivity contribution in [1.82, 2.24) is 20.1 Å². The summed E-state index contributed by atoms with van der Waals surface area (Å²) in [5.74, 6) is 0.0420. The molecule has 2 fully saturated rings. The van der Waals surface area contributed by atoms with Crippen LogP contribution in [0.5, 0.6) is 0 Å². The zero-order valence-corrected chi connectivity index (χ0v) is 21.1. The highest BCUT2D eigenvalue weighted by molar-refractivity contribution is 6.32. The standard InChI is InChI=1S/C25H31ClF3N5O2/c1-14(2)23(35)33-9-11-34(12-10-33)24(36)31-16-5-3-15(4-6-16)21-17(26)7-8-19-22(21)18(30)13-20(32-19)25(27,28)29/h7-8,13-16H,3-6,9-12H2,1-2H3,(H2,30,32)(H,31,36). The van der Waals surface area contributed by atoms with E-state index in [1.54, 1.807) is 15.9 Å². The molecular weight excluding hydrogens is 495 g/mol. The zero-order valence-electron chi connectivity index (χ0n) is 20.4. The fourth-order valence-corrected chi connectivity index (χ4v) is 5.50. The van der Waals surface area contributed by atoms with E-state index in [1.165, 1.54) is 6.07 Å². The molecule has 4 rings (SSSR count). The van der Waals surface area contributed by atoms with Crippen molar-refractivity contribution in [2.24, 2.45) is 5.92 Å². The Morgan fingerprint density at radius 2 is 1.69 bits per heavy atom. The Hall–Kier alpha value is -2.75. The Balaban J connectivity index is 1.39. The van der Waals surface area contributed by atoms with E-state index in [0.717, 1.165) is 11.6 Å². The SMILES string of the molecule is CC(C)C(=O)N1CCN(C(=O)NC2CCC(c3c(Cl)ccc4nc(C(F)(F)F)cc(N)c34)CC2)CC1. The Morgan fingerprint density at radius 1 is 1.08 bits per heavy atom. The number of urea groups is 1. The Bertz CT molecular complexity index is 1140. The maximum absolute atomic E-state index is 13.2. The van der Waals surface area contributed by atoms with Gasteiger partial charge >= 0.3 is 12.2 Å². The third-order valence-electron chi connectivity index (χ3n) is 7.12. The molecule has 1 saturated carbocycles. The van der Waals surface area contributed by atoms with Crippen LogP contribution >= 0.6 is 11.6 Å². The van der Waals surface area contributed by atoms with E-state index in [-0.39, 0.29) is 41.0 Å². The van der Waals surface area contributed by atoms with Crippen LogP contribution in [0, 0.1) is 5.92 Å². The van der Waals surface area contributed by atoms with Crippen LogP contribution in [-0.2, 0) is 11.0 Å². The second-order valence-corrected chi connectivity index (χ2v) is 10.3. The highest BCUT2D eigenvalue weighted by atomic mass is 35.5. The van der Waals surface area contributed by atoms with Crippen molar-refractivity contribution in [3.8, 4) is 0 Å². The monoisotopic (exact) mass is 525 g/mol. The van der Waals surface area contributed by atoms with Gasteiger partial charge in [-0.15, -0.1) is 0 Å². The molecule has 36 heavy (non-hydrogen) atoms. The van der Waals surface area contributed by atoms with Gasteiger partial charge in [0.2, 0.25) is 5.91 Å². The van der Waals surface area contributed by atoms with Crippen molar-refractivity contribution in [3.05, 3.63) is 34.5 Å². The van der Waals surface area contributed by atoms with Crippen LogP contribution in [0.25, 0.3) is 10.9 Å². The molecule has 1 saturated heterocycles. The molecule has 2 heterocycles. The Kier molecular flexibility index (Phi) is 7.54. The quantitative estimate of drug-likeness (QED) is 0.588. The number of pyridine rings is 1. The largest absolute Gasteiger partial charge is 0.433 e. The van der Waals surface area contributed by atoms with Gasteiger partial charge in [0.25, 0.3) is 0 Å². The van der Waals surface area contributed by atoms with Crippen molar-refractivity contribution in [1.29, 1.82) is 0 Å². The Labute approximate surface area is 213 Å². The van der Waals surface area contributed by atoms with Crippen LogP contribution in [-0.4, -0.2) is 58.9 Å². The zero-order chi connectivity index (χ0) is 26.2. The molecule has 1 aromatic heterocycles. The summed E-state index contributed by atoms with van der Waals surface area (Å²) in [5, 5.41) is 4.03. The molecular formula is C25H31ClF3N5O2. The fourth-order valence-electron chi connectivity index (χ4n) is 5.19. The summed E-state index contributed by atoms with van der Waals surface area (Å²) < 4.78 is 39.6. The van der Waals surface area contributed by atoms with Crippen molar-refractivity contribution >= 4 is 40.1 Å². The van der Waals surface area contributed by atoms with E-state index in [1.807, 2.05) is 13.8 Å². The topological polar surface area (TPSA) is 91.6 Å². The van der Waals surface area contributed by atoms with Crippen molar-refractivity contribution in [2.75, 3.05) is 31.9 Å². The number of nitrogens with two attached hydrogens (primary N) is 1. The van der Waals surface area contributed by atoms with Crippen LogP contribution in [0.1, 0.15) is 56.7 Å². The number of alkyl halides is 3. The molecule has 2 aliphatic rings. The summed E-state index contributed by atoms with van der Waals surface area (Å²) >= 11 is 6.50. The average Bonchev–Trinajstić information content (AvgIpc) is 2.83. The third-order valence-corrected chi connectivity index (χ3v) is 7.45. The molecule has 0 radical (unpaired) electrons. The summed E-state index contributed by atoms with van der Waals surface area (Å²) in [4.78, 5) is 32.3. The number of carbonyl (C=O) groups is 2. The van der Waals surface area contributed by atoms with Gasteiger partial charge in [0.05, 0.1) is 5.52 Å². The molecule has 3 amide bonds. The average molecular weight is 526 g/mol. The molecule has 0 spiro atoms. The first kappa shape index (κ1) is 26.3. The third kappa shape index (κ3) is 5.48. The maximum Gasteiger partial charge on any atom is 0.433 e. The lowest BCUT2D eigenvalue weighted by Crippen LogP contribution is -2.55. The highest BCUT2D eigenvalue weighted by Crippen LogP contribution is 2.43. The summed E-state index contributed by atoms with van der Waals surface area (Å²) in [6.07, 6.45) is -1.75. The van der Waals surface area contributed by atoms with Gasteiger partial charge in [-0.2, -0.15) is 13.2 Å². The number of benzene rings is 1. The van der Waals surface area contributed by atoms with E-state index in [0.29, 0.717) is 62.3 Å². The summed E-state index contributed by atoms with van der Waals surface area (Å²) in [6.45, 7) is 5.79. The van der Waals surface area contributed by atoms with E-state index in [4.69, 9.17) is 17.3 Å². The van der Waals surface area contributed by atoms with Gasteiger partial charge in [-0.3, -0.25) is 4.79 Å². The number of nitrogens with zero attached hydrogens (tertiary/aromatic N) is 3. The lowest BCUT2D eigenvalue weighted by Gasteiger charge is -2.37. The number of piperazine rings is 1. The molecule has 196 valence electrons. The number of rotatable bonds is 3.